The van der Waals surface area contributed by atoms with E-state index in [0.717, 1.165) is 14.2 Å². The highest BCUT2D eigenvalue weighted by atomic mass is 79.9. The Morgan fingerprint density at radius 1 is 1.29 bits per heavy atom. The Morgan fingerprint density at radius 3 is 2.47 bits per heavy atom. The van der Waals surface area contributed by atoms with Crippen LogP contribution in [0, 0.1) is 18.6 Å². The summed E-state index contributed by atoms with van der Waals surface area (Å²) >= 11 is 5.00. The second-order valence-electron chi connectivity index (χ2n) is 3.57. The Labute approximate surface area is 111 Å². The molecule has 0 spiro atoms. The quantitative estimate of drug-likeness (QED) is 0.864. The van der Waals surface area contributed by atoms with Crippen molar-refractivity contribution in [3.8, 4) is 0 Å². The minimum atomic E-state index is -0.572. The van der Waals surface area contributed by atoms with E-state index in [2.05, 4.69) is 21.2 Å². The molecule has 0 aliphatic rings. The van der Waals surface area contributed by atoms with E-state index in [1.807, 2.05) is 13.0 Å². The van der Waals surface area contributed by atoms with Crippen molar-refractivity contribution in [1.29, 1.82) is 0 Å². The van der Waals surface area contributed by atoms with E-state index in [4.69, 9.17) is 0 Å². The molecule has 1 aromatic carbocycles. The van der Waals surface area contributed by atoms with Crippen LogP contribution >= 0.6 is 27.3 Å². The van der Waals surface area contributed by atoms with E-state index in [1.54, 1.807) is 11.3 Å². The van der Waals surface area contributed by atoms with Crippen LogP contribution in [-0.2, 0) is 6.54 Å². The largest absolute Gasteiger partial charge is 0.375 e. The van der Waals surface area contributed by atoms with Gasteiger partial charge in [-0.05, 0) is 41.1 Å². The molecule has 0 bridgehead atoms. The lowest BCUT2D eigenvalue weighted by molar-refractivity contribution is 0.588. The predicted molar refractivity (Wildman–Crippen MR) is 70.4 cm³/mol. The molecule has 5 heteroatoms. The summed E-state index contributed by atoms with van der Waals surface area (Å²) < 4.78 is 27.7. The molecule has 0 amide bonds. The fourth-order valence-corrected chi connectivity index (χ4v) is 2.99. The van der Waals surface area contributed by atoms with Crippen LogP contribution in [0.5, 0.6) is 0 Å². The molecule has 2 rings (SSSR count). The molecule has 2 aromatic rings. The number of rotatable bonds is 3. The van der Waals surface area contributed by atoms with Crippen LogP contribution in [0.1, 0.15) is 9.75 Å². The van der Waals surface area contributed by atoms with Crippen LogP contribution in [0.25, 0.3) is 0 Å². The van der Waals surface area contributed by atoms with Crippen molar-refractivity contribution in [2.45, 2.75) is 13.5 Å². The highest BCUT2D eigenvalue weighted by molar-refractivity contribution is 9.10. The van der Waals surface area contributed by atoms with E-state index < -0.39 is 11.6 Å². The first-order valence-corrected chi connectivity index (χ1v) is 6.61. The summed E-state index contributed by atoms with van der Waals surface area (Å²) in [7, 11) is 0. The number of nitrogens with one attached hydrogen (secondary N) is 1. The number of thiophene rings is 1. The number of anilines is 1. The van der Waals surface area contributed by atoms with Crippen molar-refractivity contribution in [2.75, 3.05) is 5.32 Å². The van der Waals surface area contributed by atoms with Gasteiger partial charge in [-0.1, -0.05) is 6.07 Å². The Bertz CT molecular complexity index is 500. The Hall–Kier alpha value is -0.940. The number of hydrogen-bond donors (Lipinski definition) is 1. The van der Waals surface area contributed by atoms with Gasteiger partial charge in [0.05, 0.1) is 0 Å². The molecule has 0 unspecified atom stereocenters. The van der Waals surface area contributed by atoms with Crippen molar-refractivity contribution < 1.29 is 8.78 Å². The van der Waals surface area contributed by atoms with Crippen molar-refractivity contribution >= 4 is 33.0 Å². The third kappa shape index (κ3) is 2.84. The topological polar surface area (TPSA) is 12.0 Å². The van der Waals surface area contributed by atoms with Crippen LogP contribution in [-0.4, -0.2) is 0 Å². The van der Waals surface area contributed by atoms with Gasteiger partial charge in [0.2, 0.25) is 0 Å². The van der Waals surface area contributed by atoms with E-state index in [9.17, 15) is 8.78 Å². The zero-order valence-corrected chi connectivity index (χ0v) is 11.5. The second kappa shape index (κ2) is 5.14. The standard InChI is InChI=1S/C12H10BrF2NS/c1-7-9(13)5-8(17-7)6-16-12-10(14)3-2-4-11(12)15/h2-5,16H,6H2,1H3. The van der Waals surface area contributed by atoms with Gasteiger partial charge in [0.25, 0.3) is 0 Å². The van der Waals surface area contributed by atoms with Gasteiger partial charge in [-0.2, -0.15) is 0 Å². The first kappa shape index (κ1) is 12.5. The minimum Gasteiger partial charge on any atom is -0.375 e. The Balaban J connectivity index is 2.12. The van der Waals surface area contributed by atoms with Crippen molar-refractivity contribution in [3.63, 3.8) is 0 Å². The highest BCUT2D eigenvalue weighted by Crippen LogP contribution is 2.27. The molecule has 0 saturated carbocycles. The van der Waals surface area contributed by atoms with Gasteiger partial charge in [-0.25, -0.2) is 8.78 Å². The fourth-order valence-electron chi connectivity index (χ4n) is 1.45. The van der Waals surface area contributed by atoms with Gasteiger partial charge in [0, 0.05) is 20.8 Å². The molecule has 0 fully saturated rings. The maximum absolute atomic E-state index is 13.3. The average Bonchev–Trinajstić information content (AvgIpc) is 2.58. The number of benzene rings is 1. The zero-order valence-electron chi connectivity index (χ0n) is 9.06. The molecule has 1 aromatic heterocycles. The SMILES string of the molecule is Cc1sc(CNc2c(F)cccc2F)cc1Br. The van der Waals surface area contributed by atoms with Gasteiger partial charge < -0.3 is 5.32 Å². The van der Waals surface area contributed by atoms with Crippen LogP contribution < -0.4 is 5.32 Å². The third-order valence-corrected chi connectivity index (χ3v) is 4.45. The van der Waals surface area contributed by atoms with Crippen molar-refractivity contribution in [2.24, 2.45) is 0 Å². The summed E-state index contributed by atoms with van der Waals surface area (Å²) in [6, 6.07) is 5.77. The Morgan fingerprint density at radius 2 is 1.94 bits per heavy atom. The van der Waals surface area contributed by atoms with Crippen LogP contribution in [0.3, 0.4) is 0 Å². The summed E-state index contributed by atoms with van der Waals surface area (Å²) in [6.45, 7) is 2.40. The number of halogens is 3. The van der Waals surface area contributed by atoms with E-state index >= 15 is 0 Å². The van der Waals surface area contributed by atoms with Crippen LogP contribution in [0.2, 0.25) is 0 Å². The number of hydrogen-bond acceptors (Lipinski definition) is 2. The summed E-state index contributed by atoms with van der Waals surface area (Å²) in [5, 5.41) is 2.78. The maximum atomic E-state index is 13.3. The lowest BCUT2D eigenvalue weighted by Gasteiger charge is -2.06. The van der Waals surface area contributed by atoms with E-state index in [0.29, 0.717) is 6.54 Å². The molecule has 0 aliphatic heterocycles. The monoisotopic (exact) mass is 317 g/mol. The van der Waals surface area contributed by atoms with E-state index in [1.165, 1.54) is 18.2 Å². The minimum absolute atomic E-state index is 0.0744. The van der Waals surface area contributed by atoms with Gasteiger partial charge in [0.15, 0.2) is 0 Å². The van der Waals surface area contributed by atoms with Crippen LogP contribution in [0.15, 0.2) is 28.7 Å². The van der Waals surface area contributed by atoms with Crippen molar-refractivity contribution in [3.05, 3.63) is 50.1 Å². The lowest BCUT2D eigenvalue weighted by Crippen LogP contribution is -2.02. The lowest BCUT2D eigenvalue weighted by atomic mass is 10.3. The summed E-state index contributed by atoms with van der Waals surface area (Å²) in [4.78, 5) is 2.17. The van der Waals surface area contributed by atoms with Crippen LogP contribution in [0.4, 0.5) is 14.5 Å². The molecular formula is C12H10BrF2NS. The van der Waals surface area contributed by atoms with E-state index in [-0.39, 0.29) is 5.69 Å². The second-order valence-corrected chi connectivity index (χ2v) is 5.76. The third-order valence-electron chi connectivity index (χ3n) is 2.31. The summed E-state index contributed by atoms with van der Waals surface area (Å²) in [5.74, 6) is -1.14. The van der Waals surface area contributed by atoms with Crippen molar-refractivity contribution in [1.82, 2.24) is 0 Å². The molecule has 0 radical (unpaired) electrons. The molecule has 17 heavy (non-hydrogen) atoms. The summed E-state index contributed by atoms with van der Waals surface area (Å²) in [5.41, 5.74) is -0.0744. The molecule has 90 valence electrons. The molecule has 1 nitrogen and oxygen atoms in total. The molecule has 0 aliphatic carbocycles. The number of aryl methyl sites for hydroxylation is 1. The van der Waals surface area contributed by atoms with Gasteiger partial charge in [-0.15, -0.1) is 11.3 Å². The zero-order chi connectivity index (χ0) is 12.4. The molecule has 1 N–H and O–H groups in total. The summed E-state index contributed by atoms with van der Waals surface area (Å²) in [6.07, 6.45) is 0. The Kier molecular flexibility index (Phi) is 3.79. The van der Waals surface area contributed by atoms with Gasteiger partial charge in [0.1, 0.15) is 17.3 Å². The molecule has 0 saturated heterocycles. The number of para-hydroxylation sites is 1. The first-order valence-electron chi connectivity index (χ1n) is 5.00. The molecule has 0 atom stereocenters. The van der Waals surface area contributed by atoms with Gasteiger partial charge >= 0.3 is 0 Å². The van der Waals surface area contributed by atoms with Gasteiger partial charge in [-0.3, -0.25) is 0 Å². The smallest absolute Gasteiger partial charge is 0.149 e. The first-order chi connectivity index (χ1) is 8.08. The average molecular weight is 318 g/mol. The normalized spacial score (nSPS) is 10.6. The maximum Gasteiger partial charge on any atom is 0.149 e. The molecular weight excluding hydrogens is 308 g/mol. The fraction of sp³-hybridized carbons (Fsp3) is 0.167. The highest BCUT2D eigenvalue weighted by Gasteiger charge is 2.08. The molecule has 1 heterocycles. The predicted octanol–water partition coefficient (Wildman–Crippen LogP) is 4.71.